The van der Waals surface area contributed by atoms with E-state index in [9.17, 15) is 22.8 Å². The Kier molecular flexibility index (Phi) is 8.52. The summed E-state index contributed by atoms with van der Waals surface area (Å²) in [7, 11) is 1.58. The lowest BCUT2D eigenvalue weighted by atomic mass is 9.98. The SMILES string of the molecule is COCCCNC(=O)c1cc(NC(=O)Nc2ccccc2C(F)(F)F)ccc1N1CCc2ccccc2C1. The van der Waals surface area contributed by atoms with E-state index >= 15 is 0 Å². The minimum absolute atomic E-state index is 0.273. The monoisotopic (exact) mass is 526 g/mol. The Hall–Kier alpha value is -4.05. The predicted octanol–water partition coefficient (Wildman–Crippen LogP) is 5.68. The number of ether oxygens (including phenoxy) is 1. The van der Waals surface area contributed by atoms with E-state index in [4.69, 9.17) is 4.74 Å². The Bertz CT molecular complexity index is 1300. The van der Waals surface area contributed by atoms with Crippen molar-refractivity contribution in [3.63, 3.8) is 0 Å². The van der Waals surface area contributed by atoms with Gasteiger partial charge in [-0.3, -0.25) is 4.79 Å². The van der Waals surface area contributed by atoms with E-state index in [2.05, 4.69) is 33.0 Å². The van der Waals surface area contributed by atoms with E-state index in [1.54, 1.807) is 19.2 Å². The van der Waals surface area contributed by atoms with Gasteiger partial charge in [0.15, 0.2) is 0 Å². The maximum atomic E-state index is 13.3. The Morgan fingerprint density at radius 3 is 2.47 bits per heavy atom. The summed E-state index contributed by atoms with van der Waals surface area (Å²) in [6, 6.07) is 16.9. The topological polar surface area (TPSA) is 82.7 Å². The zero-order valence-electron chi connectivity index (χ0n) is 20.9. The smallest absolute Gasteiger partial charge is 0.385 e. The van der Waals surface area contributed by atoms with Gasteiger partial charge in [-0.15, -0.1) is 0 Å². The van der Waals surface area contributed by atoms with Gasteiger partial charge in [0.1, 0.15) is 0 Å². The van der Waals surface area contributed by atoms with E-state index in [1.165, 1.54) is 35.4 Å². The molecule has 0 unspecified atom stereocenters. The molecule has 0 bridgehead atoms. The van der Waals surface area contributed by atoms with E-state index < -0.39 is 17.8 Å². The molecule has 3 N–H and O–H groups in total. The first-order chi connectivity index (χ1) is 18.3. The summed E-state index contributed by atoms with van der Waals surface area (Å²) in [5.41, 5.74) is 2.46. The molecular weight excluding hydrogens is 497 g/mol. The van der Waals surface area contributed by atoms with Gasteiger partial charge in [-0.05, 0) is 54.3 Å². The second kappa shape index (κ2) is 12.0. The molecule has 3 aromatic carbocycles. The number of benzene rings is 3. The minimum Gasteiger partial charge on any atom is -0.385 e. The summed E-state index contributed by atoms with van der Waals surface area (Å²) < 4.78 is 44.9. The molecule has 3 aromatic rings. The van der Waals surface area contributed by atoms with Gasteiger partial charge in [0.05, 0.1) is 16.8 Å². The summed E-state index contributed by atoms with van der Waals surface area (Å²) in [6.45, 7) is 2.24. The molecule has 1 heterocycles. The molecule has 38 heavy (non-hydrogen) atoms. The number of urea groups is 1. The number of halogens is 3. The quantitative estimate of drug-likeness (QED) is 0.330. The molecule has 7 nitrogen and oxygen atoms in total. The lowest BCUT2D eigenvalue weighted by Gasteiger charge is -2.32. The lowest BCUT2D eigenvalue weighted by molar-refractivity contribution is -0.136. The molecule has 1 aliphatic rings. The average Bonchev–Trinajstić information content (AvgIpc) is 2.90. The molecule has 0 radical (unpaired) electrons. The first-order valence-corrected chi connectivity index (χ1v) is 12.2. The predicted molar refractivity (Wildman–Crippen MR) is 141 cm³/mol. The molecule has 0 aromatic heterocycles. The van der Waals surface area contributed by atoms with Crippen molar-refractivity contribution < 1.29 is 27.5 Å². The van der Waals surface area contributed by atoms with Crippen molar-refractivity contribution >= 4 is 29.0 Å². The number of carbonyl (C=O) groups excluding carboxylic acids is 2. The number of fused-ring (bicyclic) bond motifs is 1. The number of amides is 3. The Labute approximate surface area is 219 Å². The molecular formula is C28H29F3N4O3. The fraction of sp³-hybridized carbons (Fsp3) is 0.286. The highest BCUT2D eigenvalue weighted by Crippen LogP contribution is 2.35. The third-order valence-electron chi connectivity index (χ3n) is 6.26. The van der Waals surface area contributed by atoms with Crippen molar-refractivity contribution in [3.05, 3.63) is 89.0 Å². The Balaban J connectivity index is 1.55. The van der Waals surface area contributed by atoms with Crippen LogP contribution in [0.2, 0.25) is 0 Å². The lowest BCUT2D eigenvalue weighted by Crippen LogP contribution is -2.33. The van der Waals surface area contributed by atoms with Crippen LogP contribution in [0.25, 0.3) is 0 Å². The highest BCUT2D eigenvalue weighted by molar-refractivity contribution is 6.04. The molecule has 0 atom stereocenters. The molecule has 4 rings (SSSR count). The first-order valence-electron chi connectivity index (χ1n) is 12.2. The number of para-hydroxylation sites is 1. The third kappa shape index (κ3) is 6.63. The van der Waals surface area contributed by atoms with Crippen molar-refractivity contribution in [1.82, 2.24) is 5.32 Å². The highest BCUT2D eigenvalue weighted by Gasteiger charge is 2.33. The number of carbonyl (C=O) groups is 2. The van der Waals surface area contributed by atoms with E-state index in [-0.39, 0.29) is 17.3 Å². The average molecular weight is 527 g/mol. The van der Waals surface area contributed by atoms with Crippen LogP contribution in [0.4, 0.5) is 35.0 Å². The van der Waals surface area contributed by atoms with Crippen molar-refractivity contribution in [1.29, 1.82) is 0 Å². The molecule has 0 saturated heterocycles. The van der Waals surface area contributed by atoms with Crippen LogP contribution in [0, 0.1) is 0 Å². The fourth-order valence-electron chi connectivity index (χ4n) is 4.41. The Morgan fingerprint density at radius 1 is 0.974 bits per heavy atom. The van der Waals surface area contributed by atoms with Crippen molar-refractivity contribution in [2.45, 2.75) is 25.6 Å². The molecule has 3 amide bonds. The number of nitrogens with zero attached hydrogens (tertiary/aromatic N) is 1. The summed E-state index contributed by atoms with van der Waals surface area (Å²) in [5, 5.41) is 7.69. The van der Waals surface area contributed by atoms with Crippen LogP contribution >= 0.6 is 0 Å². The zero-order chi connectivity index (χ0) is 27.1. The number of nitrogens with one attached hydrogen (secondary N) is 3. The maximum Gasteiger partial charge on any atom is 0.418 e. The van der Waals surface area contributed by atoms with Crippen LogP contribution in [0.15, 0.2) is 66.7 Å². The van der Waals surface area contributed by atoms with Gasteiger partial charge in [0.2, 0.25) is 0 Å². The standard InChI is InChI=1S/C28H29F3N4O3/c1-38-16-6-14-32-26(36)22-17-21(33-27(37)34-24-10-5-4-9-23(24)28(29,30)31)11-12-25(22)35-15-13-19-7-2-3-8-20(19)18-35/h2-5,7-12,17H,6,13-16,18H2,1H3,(H,32,36)(H2,33,34,37). The molecule has 10 heteroatoms. The molecule has 200 valence electrons. The molecule has 0 aliphatic carbocycles. The number of alkyl halides is 3. The molecule has 0 spiro atoms. The van der Waals surface area contributed by atoms with Crippen molar-refractivity contribution in [2.24, 2.45) is 0 Å². The van der Waals surface area contributed by atoms with Crippen LogP contribution in [0.1, 0.15) is 33.5 Å². The fourth-order valence-corrected chi connectivity index (χ4v) is 4.41. The van der Waals surface area contributed by atoms with Gasteiger partial charge in [-0.25, -0.2) is 4.79 Å². The highest BCUT2D eigenvalue weighted by atomic mass is 19.4. The van der Waals surface area contributed by atoms with Crippen LogP contribution in [-0.4, -0.2) is 38.7 Å². The van der Waals surface area contributed by atoms with Crippen LogP contribution < -0.4 is 20.9 Å². The van der Waals surface area contributed by atoms with Crippen molar-refractivity contribution in [2.75, 3.05) is 42.3 Å². The normalized spacial score (nSPS) is 13.0. The number of hydrogen-bond donors (Lipinski definition) is 3. The number of hydrogen-bond acceptors (Lipinski definition) is 4. The van der Waals surface area contributed by atoms with E-state index in [0.29, 0.717) is 43.9 Å². The van der Waals surface area contributed by atoms with E-state index in [1.807, 2.05) is 12.1 Å². The first kappa shape index (κ1) is 27.0. The van der Waals surface area contributed by atoms with Gasteiger partial charge < -0.3 is 25.6 Å². The molecule has 0 saturated carbocycles. The summed E-state index contributed by atoms with van der Waals surface area (Å²) >= 11 is 0. The molecule has 1 aliphatic heterocycles. The van der Waals surface area contributed by atoms with Gasteiger partial charge in [-0.2, -0.15) is 13.2 Å². The number of rotatable bonds is 8. The summed E-state index contributed by atoms with van der Waals surface area (Å²) in [6.07, 6.45) is -3.16. The van der Waals surface area contributed by atoms with Crippen LogP contribution in [-0.2, 0) is 23.9 Å². The van der Waals surface area contributed by atoms with Crippen molar-refractivity contribution in [3.8, 4) is 0 Å². The largest absolute Gasteiger partial charge is 0.418 e. The van der Waals surface area contributed by atoms with Gasteiger partial charge in [0.25, 0.3) is 5.91 Å². The van der Waals surface area contributed by atoms with Gasteiger partial charge in [0, 0.05) is 44.7 Å². The number of anilines is 3. The van der Waals surface area contributed by atoms with Gasteiger partial charge in [-0.1, -0.05) is 36.4 Å². The van der Waals surface area contributed by atoms with Crippen LogP contribution in [0.3, 0.4) is 0 Å². The number of methoxy groups -OCH3 is 1. The van der Waals surface area contributed by atoms with Crippen LogP contribution in [0.5, 0.6) is 0 Å². The molecule has 0 fully saturated rings. The third-order valence-corrected chi connectivity index (χ3v) is 6.26. The summed E-state index contributed by atoms with van der Waals surface area (Å²) in [5.74, 6) is -0.318. The zero-order valence-corrected chi connectivity index (χ0v) is 20.9. The summed E-state index contributed by atoms with van der Waals surface area (Å²) in [4.78, 5) is 27.9. The second-order valence-electron chi connectivity index (χ2n) is 8.90. The second-order valence-corrected chi connectivity index (χ2v) is 8.90. The van der Waals surface area contributed by atoms with E-state index in [0.717, 1.165) is 12.5 Å². The maximum absolute atomic E-state index is 13.3. The van der Waals surface area contributed by atoms with Gasteiger partial charge >= 0.3 is 12.2 Å². The minimum atomic E-state index is -4.62. The Morgan fingerprint density at radius 2 is 1.71 bits per heavy atom.